The van der Waals surface area contributed by atoms with Gasteiger partial charge in [-0.25, -0.2) is 0 Å². The fourth-order valence-electron chi connectivity index (χ4n) is 8.01. The van der Waals surface area contributed by atoms with E-state index < -0.39 is 21.5 Å². The average molecular weight is 1900 g/mol. The Bertz CT molecular complexity index is 1720. The second-order valence-electron chi connectivity index (χ2n) is 22.9. The molecular formula is C72H137ClNa2O27S12. The Morgan fingerprint density at radius 1 is 0.246 bits per heavy atom. The number of carbonyl (C=O) groups excluding carboxylic acids is 3. The molecule has 0 aliphatic rings. The maximum absolute atomic E-state index is 11.3. The molecule has 0 aromatic rings. The molecule has 0 rings (SSSR count). The zero-order valence-corrected chi connectivity index (χ0v) is 83.1. The van der Waals surface area contributed by atoms with Crippen molar-refractivity contribution >= 4 is 177 Å². The Labute approximate surface area is 796 Å². The van der Waals surface area contributed by atoms with Gasteiger partial charge in [0.25, 0.3) is 0 Å². The van der Waals surface area contributed by atoms with E-state index in [1.807, 2.05) is 0 Å². The molecule has 0 N–H and O–H groups in total. The molecule has 42 heteroatoms. The molecule has 0 aromatic carbocycles. The number of hydrogen-bond acceptors (Lipinski definition) is 39. The van der Waals surface area contributed by atoms with Crippen LogP contribution in [0.5, 0.6) is 0 Å². The van der Waals surface area contributed by atoms with Crippen LogP contribution in [0.3, 0.4) is 0 Å². The van der Waals surface area contributed by atoms with Gasteiger partial charge in [-0.2, -0.15) is 113 Å². The SMILES string of the molecule is C=CC(=O)Cl.C=CC(=O)SCCOCCOCC(COCCOCCS)(COCCOCCS)COCCOCCSC(=O)C=C.SCCOCCOCC(COCCOCCS)(COCCOCCS)COCCOCCS.[Na+].[Na+].[S-]CCOCCOCC(COCCOCC[S-])(COCCOCCS)COCCOCCS. The van der Waals surface area contributed by atoms with E-state index in [-0.39, 0.29) is 69.3 Å². The standard InChI is InChI=1S/C27H48O10S4.2C21H44O8S4.C3H3ClO.2Na/c1-3-25(28)40-19-15-32-7-11-36-23-27(21-34-9-5-30-13-17-38,22-35-10-6-31-14-18-39)24-37-12-8-33-16-20-41-26(29)4-2;2*30-13-9-22-1-5-26-17-21(18-27-6-2-23-10-14-31,19-28-7-3-24-11-15-32)20-29-8-4-25-12-16-33;1-2-3(4)5;;/h3-4,38-39H,1-2,5-24H2;2*30-33H,1-20H2;2H,1H2;;/q;;;;2*+1/p-2. The minimum absolute atomic E-state index is 0. The summed E-state index contributed by atoms with van der Waals surface area (Å²) in [4.78, 5) is 32.0. The van der Waals surface area contributed by atoms with Gasteiger partial charge >= 0.3 is 59.1 Å². The summed E-state index contributed by atoms with van der Waals surface area (Å²) in [6.45, 7) is 32.1. The van der Waals surface area contributed by atoms with Crippen molar-refractivity contribution < 1.29 is 187 Å². The Kier molecular flexibility index (Phi) is 123. The van der Waals surface area contributed by atoms with Gasteiger partial charge in [0.15, 0.2) is 0 Å². The maximum Gasteiger partial charge on any atom is 1.00 e. The minimum Gasteiger partial charge on any atom is -0.790 e. The molecule has 0 atom stereocenters. The Morgan fingerprint density at radius 3 is 0.500 bits per heavy atom. The van der Waals surface area contributed by atoms with Crippen molar-refractivity contribution in [3.8, 4) is 0 Å². The van der Waals surface area contributed by atoms with Crippen LogP contribution in [0.2, 0.25) is 0 Å². The van der Waals surface area contributed by atoms with Crippen molar-refractivity contribution in [2.45, 2.75) is 0 Å². The predicted octanol–water partition coefficient (Wildman–Crippen LogP) is 0.686. The van der Waals surface area contributed by atoms with Crippen molar-refractivity contribution in [3.63, 3.8) is 0 Å². The summed E-state index contributed by atoms with van der Waals surface area (Å²) < 4.78 is 137. The molecule has 27 nitrogen and oxygen atoms in total. The van der Waals surface area contributed by atoms with E-state index in [9.17, 15) is 14.4 Å². The van der Waals surface area contributed by atoms with Gasteiger partial charge in [-0.05, 0) is 29.8 Å². The third-order valence-electron chi connectivity index (χ3n) is 13.1. The van der Waals surface area contributed by atoms with E-state index in [4.69, 9.17) is 151 Å². The van der Waals surface area contributed by atoms with Crippen molar-refractivity contribution in [3.05, 3.63) is 38.0 Å². The molecule has 0 spiro atoms. The topological polar surface area (TPSA) is 273 Å². The van der Waals surface area contributed by atoms with Gasteiger partial charge in [-0.3, -0.25) is 14.4 Å². The van der Waals surface area contributed by atoms with Crippen LogP contribution in [-0.2, 0) is 153 Å². The molecule has 0 saturated carbocycles. The monoisotopic (exact) mass is 1900 g/mol. The molecule has 0 aromatic heterocycles. The average Bonchev–Trinajstić information content (AvgIpc) is 0.884. The molecule has 0 bridgehead atoms. The molecule has 0 amide bonds. The molecular weight excluding hydrogens is 1760 g/mol. The molecule has 0 aliphatic carbocycles. The first-order valence-electron chi connectivity index (χ1n) is 37.1. The molecule has 0 unspecified atom stereocenters. The number of allylic oxidation sites excluding steroid dienone is 1. The second-order valence-corrected chi connectivity index (χ2v) is 29.9. The van der Waals surface area contributed by atoms with Crippen molar-refractivity contribution in [1.82, 2.24) is 0 Å². The van der Waals surface area contributed by atoms with E-state index in [2.05, 4.69) is 121 Å². The van der Waals surface area contributed by atoms with Crippen LogP contribution in [0.1, 0.15) is 0 Å². The Morgan fingerprint density at radius 2 is 0.377 bits per heavy atom. The van der Waals surface area contributed by atoms with E-state index in [0.717, 1.165) is 29.6 Å². The summed E-state index contributed by atoms with van der Waals surface area (Å²) in [7, 11) is 0. The van der Waals surface area contributed by atoms with E-state index >= 15 is 0 Å². The molecule has 0 fully saturated rings. The normalized spacial score (nSPS) is 11.4. The fourth-order valence-corrected chi connectivity index (χ4v) is 10.3. The third-order valence-corrected chi connectivity index (χ3v) is 16.7. The number of hydrogen-bond donors (Lipinski definition) is 8. The van der Waals surface area contributed by atoms with Crippen LogP contribution in [0, 0.1) is 16.2 Å². The summed E-state index contributed by atoms with van der Waals surface area (Å²) in [6, 6.07) is 0. The number of ether oxygens (including phenoxy) is 24. The maximum atomic E-state index is 11.3. The quantitative estimate of drug-likeness (QED) is 0.0104. The van der Waals surface area contributed by atoms with Crippen molar-refractivity contribution in [2.75, 3.05) is 386 Å². The van der Waals surface area contributed by atoms with Gasteiger partial charge in [0.1, 0.15) is 0 Å². The van der Waals surface area contributed by atoms with Crippen molar-refractivity contribution in [1.29, 1.82) is 0 Å². The largest absolute Gasteiger partial charge is 1.00 e. The van der Waals surface area contributed by atoms with E-state index in [1.54, 1.807) is 0 Å². The van der Waals surface area contributed by atoms with Gasteiger partial charge in [-0.15, -0.1) is 0 Å². The minimum atomic E-state index is -0.592. The molecule has 0 heterocycles. The first-order chi connectivity index (χ1) is 54.8. The number of thioether (sulfide) groups is 2. The third kappa shape index (κ3) is 99.5. The van der Waals surface area contributed by atoms with Crippen LogP contribution in [0.15, 0.2) is 38.0 Å². The second kappa shape index (κ2) is 109. The number of rotatable bonds is 89. The Hall–Kier alpha value is 3.76. The Balaban J connectivity index is -0.000000371. The van der Waals surface area contributed by atoms with E-state index in [1.165, 1.54) is 12.2 Å². The summed E-state index contributed by atoms with van der Waals surface area (Å²) in [5, 5.41) is -0.660. The fraction of sp³-hybridized carbons (Fsp3) is 0.875. The van der Waals surface area contributed by atoms with Crippen LogP contribution >= 0.6 is 136 Å². The predicted molar refractivity (Wildman–Crippen MR) is 479 cm³/mol. The van der Waals surface area contributed by atoms with Gasteiger partial charge < -0.3 is 139 Å². The van der Waals surface area contributed by atoms with Gasteiger partial charge in [0, 0.05) is 70.7 Å². The first kappa shape index (κ1) is 129. The summed E-state index contributed by atoms with van der Waals surface area (Å²) >= 11 is 49.9. The zero-order valence-electron chi connectivity index (χ0n) is 67.9. The summed E-state index contributed by atoms with van der Waals surface area (Å²) in [5.74, 6) is 7.61. The van der Waals surface area contributed by atoms with Gasteiger partial charge in [-0.1, -0.05) is 43.3 Å². The summed E-state index contributed by atoms with van der Waals surface area (Å²) in [6.07, 6.45) is 3.62. The van der Waals surface area contributed by atoms with Crippen molar-refractivity contribution in [2.24, 2.45) is 16.2 Å². The van der Waals surface area contributed by atoms with Crippen LogP contribution in [0.25, 0.3) is 0 Å². The molecule has 0 saturated heterocycles. The number of carbonyl (C=O) groups is 3. The van der Waals surface area contributed by atoms with E-state index in [0.29, 0.717) is 386 Å². The molecule has 668 valence electrons. The van der Waals surface area contributed by atoms with Crippen LogP contribution in [-0.4, -0.2) is 402 Å². The number of thiol groups is 8. The molecule has 0 radical (unpaired) electrons. The van der Waals surface area contributed by atoms with Crippen LogP contribution in [0.4, 0.5) is 0 Å². The molecule has 114 heavy (non-hydrogen) atoms. The first-order valence-corrected chi connectivity index (χ1v) is 45.6. The van der Waals surface area contributed by atoms with Gasteiger partial charge in [0.2, 0.25) is 15.5 Å². The van der Waals surface area contributed by atoms with Gasteiger partial charge in [0.05, 0.1) is 320 Å². The summed E-state index contributed by atoms with van der Waals surface area (Å²) in [5.41, 5.74) is -1.57. The molecule has 0 aliphatic heterocycles. The number of halogens is 1. The smallest absolute Gasteiger partial charge is 0.790 e. The van der Waals surface area contributed by atoms with Crippen LogP contribution < -0.4 is 59.1 Å². The zero-order chi connectivity index (χ0) is 83.2.